The Bertz CT molecular complexity index is 1400. The molecule has 42 heavy (non-hydrogen) atoms. The second kappa shape index (κ2) is 11.8. The maximum absolute atomic E-state index is 14.5. The van der Waals surface area contributed by atoms with Gasteiger partial charge in [-0.2, -0.15) is 0 Å². The van der Waals surface area contributed by atoms with Crippen molar-refractivity contribution in [3.05, 3.63) is 82.3 Å². The summed E-state index contributed by atoms with van der Waals surface area (Å²) in [5.74, 6) is -3.56. The molecule has 0 radical (unpaired) electrons. The Morgan fingerprint density at radius 3 is 2.31 bits per heavy atom. The van der Waals surface area contributed by atoms with Crippen molar-refractivity contribution in [2.45, 2.75) is 62.8 Å². The number of nitrogens with one attached hydrogen (secondary N) is 2. The van der Waals surface area contributed by atoms with Crippen LogP contribution in [-0.2, 0) is 15.1 Å². The van der Waals surface area contributed by atoms with E-state index in [2.05, 4.69) is 10.6 Å². The minimum atomic E-state index is -1.38. The highest BCUT2D eigenvalue weighted by Crippen LogP contribution is 2.41. The standard InChI is InChI=1S/C30H33F3N4O5/c1-17-25(27(38)42-2)26(18-3-8-23(32)24(33)15-18)37(28(39)35-17)29(40)36(22-11-14-34-16-22)21-9-12-30(41,13-10-21)19-4-6-20(31)7-5-19/h3-8,15,21-22,26,34,41H,9-14,16H2,1-2H3,(H,35,39)/t21?,22-,26+,30?/m1/s1. The van der Waals surface area contributed by atoms with Crippen molar-refractivity contribution in [2.75, 3.05) is 20.2 Å². The number of aliphatic hydroxyl groups is 1. The van der Waals surface area contributed by atoms with Crippen molar-refractivity contribution in [3.63, 3.8) is 0 Å². The molecule has 2 aromatic rings. The Kier molecular flexibility index (Phi) is 8.29. The molecule has 2 heterocycles. The second-order valence-corrected chi connectivity index (χ2v) is 11.0. The van der Waals surface area contributed by atoms with Crippen LogP contribution < -0.4 is 10.6 Å². The molecule has 3 N–H and O–H groups in total. The van der Waals surface area contributed by atoms with Crippen molar-refractivity contribution in [1.29, 1.82) is 0 Å². The summed E-state index contributed by atoms with van der Waals surface area (Å²) in [4.78, 5) is 43.4. The molecule has 0 unspecified atom stereocenters. The molecule has 12 heteroatoms. The number of amides is 4. The quantitative estimate of drug-likeness (QED) is 0.453. The fourth-order valence-electron chi connectivity index (χ4n) is 6.33. The number of halogens is 3. The van der Waals surface area contributed by atoms with E-state index >= 15 is 0 Å². The number of rotatable bonds is 5. The summed E-state index contributed by atoms with van der Waals surface area (Å²) >= 11 is 0. The van der Waals surface area contributed by atoms with E-state index in [9.17, 15) is 32.7 Å². The van der Waals surface area contributed by atoms with Crippen LogP contribution in [0.3, 0.4) is 0 Å². The van der Waals surface area contributed by atoms with Gasteiger partial charge in [-0.25, -0.2) is 32.5 Å². The summed E-state index contributed by atoms with van der Waals surface area (Å²) < 4.78 is 46.8. The number of carbonyl (C=O) groups is 3. The molecule has 0 bridgehead atoms. The van der Waals surface area contributed by atoms with Crippen LogP contribution in [0.25, 0.3) is 0 Å². The number of esters is 1. The predicted molar refractivity (Wildman–Crippen MR) is 145 cm³/mol. The van der Waals surface area contributed by atoms with Gasteiger partial charge in [-0.3, -0.25) is 0 Å². The second-order valence-electron chi connectivity index (χ2n) is 11.0. The molecule has 1 saturated heterocycles. The highest BCUT2D eigenvalue weighted by atomic mass is 19.2. The molecule has 9 nitrogen and oxygen atoms in total. The molecular weight excluding hydrogens is 553 g/mol. The van der Waals surface area contributed by atoms with Crippen LogP contribution in [0.15, 0.2) is 53.7 Å². The van der Waals surface area contributed by atoms with Crippen LogP contribution in [0, 0.1) is 17.5 Å². The van der Waals surface area contributed by atoms with E-state index < -0.39 is 47.1 Å². The van der Waals surface area contributed by atoms with Gasteiger partial charge in [0.15, 0.2) is 11.6 Å². The zero-order chi connectivity index (χ0) is 30.2. The number of urea groups is 2. The van der Waals surface area contributed by atoms with Crippen LogP contribution in [0.4, 0.5) is 22.8 Å². The first-order chi connectivity index (χ1) is 20.0. The van der Waals surface area contributed by atoms with Crippen molar-refractivity contribution in [1.82, 2.24) is 20.4 Å². The van der Waals surface area contributed by atoms with Gasteiger partial charge in [-0.15, -0.1) is 0 Å². The van der Waals surface area contributed by atoms with Crippen molar-refractivity contribution >= 4 is 18.0 Å². The molecule has 0 aromatic heterocycles. The van der Waals surface area contributed by atoms with Gasteiger partial charge in [0, 0.05) is 24.3 Å². The van der Waals surface area contributed by atoms with Crippen molar-refractivity contribution in [3.8, 4) is 0 Å². The highest BCUT2D eigenvalue weighted by Gasteiger charge is 2.48. The average Bonchev–Trinajstić information content (AvgIpc) is 3.49. The van der Waals surface area contributed by atoms with Crippen molar-refractivity contribution < 1.29 is 37.4 Å². The average molecular weight is 587 g/mol. The maximum Gasteiger partial charge on any atom is 0.337 e. The van der Waals surface area contributed by atoms with E-state index in [0.29, 0.717) is 50.8 Å². The molecular formula is C30H33F3N4O5. The Balaban J connectivity index is 1.51. The number of carbonyl (C=O) groups excluding carboxylic acids is 3. The van der Waals surface area contributed by atoms with E-state index in [0.717, 1.165) is 24.1 Å². The zero-order valence-corrected chi connectivity index (χ0v) is 23.3. The van der Waals surface area contributed by atoms with Crippen molar-refractivity contribution in [2.24, 2.45) is 0 Å². The number of imide groups is 1. The number of allylic oxidation sites excluding steroid dienone is 1. The lowest BCUT2D eigenvalue weighted by Crippen LogP contribution is -2.60. The van der Waals surface area contributed by atoms with Gasteiger partial charge in [0.25, 0.3) is 0 Å². The lowest BCUT2D eigenvalue weighted by Gasteiger charge is -2.46. The maximum atomic E-state index is 14.5. The van der Waals surface area contributed by atoms with Gasteiger partial charge >= 0.3 is 18.0 Å². The number of nitrogens with zero attached hydrogens (tertiary/aromatic N) is 2. The number of hydrogen-bond acceptors (Lipinski definition) is 6. The van der Waals surface area contributed by atoms with Crippen LogP contribution in [0.1, 0.15) is 56.2 Å². The normalized spacial score (nSPS) is 26.2. The molecule has 2 atom stereocenters. The Hall–Kier alpha value is -3.90. The highest BCUT2D eigenvalue weighted by molar-refractivity contribution is 6.01. The van der Waals surface area contributed by atoms with Gasteiger partial charge in [0.2, 0.25) is 0 Å². The summed E-state index contributed by atoms with van der Waals surface area (Å²) in [6.07, 6.45) is 1.96. The Labute approximate surface area is 241 Å². The van der Waals surface area contributed by atoms with E-state index in [4.69, 9.17) is 4.74 Å². The number of ether oxygens (including phenoxy) is 1. The molecule has 0 spiro atoms. The zero-order valence-electron chi connectivity index (χ0n) is 23.3. The van der Waals surface area contributed by atoms with Gasteiger partial charge in [0.05, 0.1) is 18.3 Å². The summed E-state index contributed by atoms with van der Waals surface area (Å²) in [7, 11) is 1.15. The van der Waals surface area contributed by atoms with Crippen LogP contribution >= 0.6 is 0 Å². The first-order valence-electron chi connectivity index (χ1n) is 13.9. The monoisotopic (exact) mass is 586 g/mol. The van der Waals surface area contributed by atoms with Gasteiger partial charge in [0.1, 0.15) is 11.9 Å². The third-order valence-corrected chi connectivity index (χ3v) is 8.53. The third kappa shape index (κ3) is 5.48. The Morgan fingerprint density at radius 1 is 1.02 bits per heavy atom. The fourth-order valence-corrected chi connectivity index (χ4v) is 6.33. The molecule has 1 saturated carbocycles. The number of benzene rings is 2. The van der Waals surface area contributed by atoms with Crippen LogP contribution in [-0.4, -0.2) is 65.2 Å². The lowest BCUT2D eigenvalue weighted by atomic mass is 9.77. The SMILES string of the molecule is COC(=O)C1=C(C)NC(=O)N(C(=O)N(C2CCC(O)(c3ccc(F)cc3)CC2)[C@@H]2CCNC2)[C@H]1c1ccc(F)c(F)c1. The van der Waals surface area contributed by atoms with E-state index in [1.54, 1.807) is 17.0 Å². The Morgan fingerprint density at radius 2 is 1.71 bits per heavy atom. The minimum absolute atomic E-state index is 0.0238. The van der Waals surface area contributed by atoms with Gasteiger partial charge in [-0.05, 0) is 81.0 Å². The molecule has 5 rings (SSSR count). The molecule has 4 amide bonds. The lowest BCUT2D eigenvalue weighted by molar-refractivity contribution is -0.136. The summed E-state index contributed by atoms with van der Waals surface area (Å²) in [6, 6.07) is 5.05. The topological polar surface area (TPSA) is 111 Å². The number of methoxy groups -OCH3 is 1. The van der Waals surface area contributed by atoms with E-state index in [-0.39, 0.29) is 28.9 Å². The summed E-state index contributed by atoms with van der Waals surface area (Å²) in [6.45, 7) is 2.58. The molecule has 224 valence electrons. The summed E-state index contributed by atoms with van der Waals surface area (Å²) in [5, 5.41) is 17.2. The molecule has 2 aliphatic heterocycles. The van der Waals surface area contributed by atoms with Crippen LogP contribution in [0.5, 0.6) is 0 Å². The number of hydrogen-bond donors (Lipinski definition) is 3. The smallest absolute Gasteiger partial charge is 0.337 e. The molecule has 3 aliphatic rings. The van der Waals surface area contributed by atoms with Gasteiger partial charge in [-0.1, -0.05) is 18.2 Å². The van der Waals surface area contributed by atoms with E-state index in [1.807, 2.05) is 0 Å². The first-order valence-corrected chi connectivity index (χ1v) is 13.9. The minimum Gasteiger partial charge on any atom is -0.466 e. The predicted octanol–water partition coefficient (Wildman–Crippen LogP) is 4.23. The van der Waals surface area contributed by atoms with Crippen LogP contribution in [0.2, 0.25) is 0 Å². The molecule has 1 aliphatic carbocycles. The first kappa shape index (κ1) is 29.6. The largest absolute Gasteiger partial charge is 0.466 e. The van der Waals surface area contributed by atoms with E-state index in [1.165, 1.54) is 25.1 Å². The molecule has 2 aromatic carbocycles. The van der Waals surface area contributed by atoms with Gasteiger partial charge < -0.3 is 25.4 Å². The molecule has 2 fully saturated rings. The fraction of sp³-hybridized carbons (Fsp3) is 0.433. The summed E-state index contributed by atoms with van der Waals surface area (Å²) in [5.41, 5.74) is -0.561. The third-order valence-electron chi connectivity index (χ3n) is 8.53.